The van der Waals surface area contributed by atoms with Gasteiger partial charge in [-0.2, -0.15) is 0 Å². The molecule has 0 saturated carbocycles. The van der Waals surface area contributed by atoms with Gasteiger partial charge >= 0.3 is 0 Å². The molecule has 0 aliphatic carbocycles. The fourth-order valence-corrected chi connectivity index (χ4v) is 3.16. The lowest BCUT2D eigenvalue weighted by Gasteiger charge is -2.21. The van der Waals surface area contributed by atoms with E-state index in [2.05, 4.69) is 49.4 Å². The summed E-state index contributed by atoms with van der Waals surface area (Å²) in [5, 5.41) is 15.2. The van der Waals surface area contributed by atoms with Crippen LogP contribution in [0.2, 0.25) is 0 Å². The Hall–Kier alpha value is -1.61. The maximum atomic E-state index is 10.4. The van der Waals surface area contributed by atoms with E-state index in [0.717, 1.165) is 30.2 Å². The fourth-order valence-electron chi connectivity index (χ4n) is 3.16. The highest BCUT2D eigenvalue weighted by atomic mass is 35.5. The van der Waals surface area contributed by atoms with Crippen LogP contribution in [0.3, 0.4) is 0 Å². The molecule has 3 rings (SSSR count). The number of benzene rings is 3. The third kappa shape index (κ3) is 3.50. The summed E-state index contributed by atoms with van der Waals surface area (Å²) >= 11 is 0. The van der Waals surface area contributed by atoms with Gasteiger partial charge in [0.05, 0.1) is 12.1 Å². The minimum Gasteiger partial charge on any atom is -0.391 e. The normalized spacial score (nSPS) is 13.7. The summed E-state index contributed by atoms with van der Waals surface area (Å²) in [6.07, 6.45) is 2.33. The molecule has 2 atom stereocenters. The van der Waals surface area contributed by atoms with Gasteiger partial charge < -0.3 is 10.8 Å². The van der Waals surface area contributed by atoms with Crippen molar-refractivity contribution in [3.05, 3.63) is 60.2 Å². The number of aliphatic hydroxyl groups is 1. The van der Waals surface area contributed by atoms with Crippen molar-refractivity contribution in [1.29, 1.82) is 0 Å². The summed E-state index contributed by atoms with van der Waals surface area (Å²) in [6.45, 7) is 2.13. The van der Waals surface area contributed by atoms with Crippen molar-refractivity contribution in [1.82, 2.24) is 0 Å². The van der Waals surface area contributed by atoms with Gasteiger partial charge in [0.1, 0.15) is 0 Å². The topological polar surface area (TPSA) is 46.2 Å². The van der Waals surface area contributed by atoms with Crippen molar-refractivity contribution < 1.29 is 5.11 Å². The molecular weight excluding hydrogens is 306 g/mol. The van der Waals surface area contributed by atoms with Gasteiger partial charge in [-0.25, -0.2) is 0 Å². The summed E-state index contributed by atoms with van der Waals surface area (Å²) in [6, 6.07) is 18.5. The summed E-state index contributed by atoms with van der Waals surface area (Å²) in [5.74, 6) is 0. The molecule has 0 aromatic heterocycles. The first-order valence-corrected chi connectivity index (χ1v) is 8.06. The second-order valence-electron chi connectivity index (χ2n) is 5.97. The zero-order valence-electron chi connectivity index (χ0n) is 13.4. The van der Waals surface area contributed by atoms with Crippen LogP contribution >= 0.6 is 12.4 Å². The zero-order valence-corrected chi connectivity index (χ0v) is 14.2. The van der Waals surface area contributed by atoms with Gasteiger partial charge in [0.25, 0.3) is 0 Å². The second-order valence-corrected chi connectivity index (χ2v) is 5.97. The molecule has 3 N–H and O–H groups in total. The zero-order chi connectivity index (χ0) is 15.5. The first kappa shape index (κ1) is 17.7. The minimum atomic E-state index is -0.496. The maximum absolute atomic E-state index is 10.4. The number of fused-ring (bicyclic) bond motifs is 3. The third-order valence-corrected chi connectivity index (χ3v) is 4.43. The molecule has 0 aliphatic heterocycles. The fraction of sp³-hybridized carbons (Fsp3) is 0.300. The lowest BCUT2D eigenvalue weighted by Crippen LogP contribution is -2.26. The van der Waals surface area contributed by atoms with E-state index in [0.29, 0.717) is 0 Å². The molecule has 0 saturated heterocycles. The van der Waals surface area contributed by atoms with Crippen LogP contribution in [0.5, 0.6) is 0 Å². The predicted octanol–water partition coefficient (Wildman–Crippen LogP) is 4.97. The molecule has 0 bridgehead atoms. The van der Waals surface area contributed by atoms with E-state index in [1.807, 2.05) is 12.1 Å². The van der Waals surface area contributed by atoms with Crippen molar-refractivity contribution >= 4 is 34.0 Å². The van der Waals surface area contributed by atoms with Gasteiger partial charge in [0.15, 0.2) is 0 Å². The van der Waals surface area contributed by atoms with E-state index >= 15 is 0 Å². The van der Waals surface area contributed by atoms with E-state index < -0.39 is 6.10 Å². The second kappa shape index (κ2) is 7.78. The summed E-state index contributed by atoms with van der Waals surface area (Å²) < 4.78 is 0. The van der Waals surface area contributed by atoms with Crippen LogP contribution in [-0.2, 0) is 0 Å². The van der Waals surface area contributed by atoms with E-state index in [-0.39, 0.29) is 18.4 Å². The lowest BCUT2D eigenvalue weighted by atomic mass is 9.90. The lowest BCUT2D eigenvalue weighted by molar-refractivity contribution is 0.133. The molecule has 0 heterocycles. The molecule has 3 aromatic carbocycles. The van der Waals surface area contributed by atoms with Crippen molar-refractivity contribution in [3.63, 3.8) is 0 Å². The van der Waals surface area contributed by atoms with Crippen LogP contribution in [0.25, 0.3) is 21.5 Å². The Morgan fingerprint density at radius 3 is 2.26 bits per heavy atom. The molecule has 0 amide bonds. The molecule has 23 heavy (non-hydrogen) atoms. The van der Waals surface area contributed by atoms with Crippen LogP contribution < -0.4 is 5.73 Å². The van der Waals surface area contributed by atoms with Crippen molar-refractivity contribution in [3.8, 4) is 0 Å². The molecule has 3 aromatic rings. The Balaban J connectivity index is 0.00000192. The number of nitrogens with two attached hydrogens (primary N) is 1. The van der Waals surface area contributed by atoms with Crippen LogP contribution in [0.4, 0.5) is 0 Å². The molecule has 0 radical (unpaired) electrons. The molecule has 3 heteroatoms. The van der Waals surface area contributed by atoms with Gasteiger partial charge in [-0.3, -0.25) is 0 Å². The molecule has 2 nitrogen and oxygen atoms in total. The van der Waals surface area contributed by atoms with Crippen molar-refractivity contribution in [2.75, 3.05) is 0 Å². The number of aliphatic hydroxyl groups excluding tert-OH is 1. The van der Waals surface area contributed by atoms with E-state index in [1.165, 1.54) is 16.2 Å². The summed E-state index contributed by atoms with van der Waals surface area (Å²) in [7, 11) is 0. The quantitative estimate of drug-likeness (QED) is 0.649. The van der Waals surface area contributed by atoms with Crippen LogP contribution in [0, 0.1) is 0 Å². The monoisotopic (exact) mass is 329 g/mol. The van der Waals surface area contributed by atoms with Crippen molar-refractivity contribution in [2.45, 2.75) is 38.3 Å². The standard InChI is InChI=1S/C20H23NO.ClH/c1-2-3-12-19(22)20(21)18-13-14-8-4-5-9-15(14)16-10-6-7-11-17(16)18;/h4-11,13,19-20,22H,2-3,12,21H2,1H3;1H/t19-,20+;/m1./s1. The Labute approximate surface area is 143 Å². The number of unbranched alkanes of at least 4 members (excludes halogenated alkanes) is 1. The van der Waals surface area contributed by atoms with Gasteiger partial charge in [-0.15, -0.1) is 12.4 Å². The average molecular weight is 330 g/mol. The van der Waals surface area contributed by atoms with Crippen LogP contribution in [0.15, 0.2) is 54.6 Å². The molecule has 0 spiro atoms. The Morgan fingerprint density at radius 2 is 1.57 bits per heavy atom. The molecule has 0 aliphatic rings. The average Bonchev–Trinajstić information content (AvgIpc) is 2.58. The first-order chi connectivity index (χ1) is 10.7. The smallest absolute Gasteiger partial charge is 0.0733 e. The third-order valence-electron chi connectivity index (χ3n) is 4.43. The largest absolute Gasteiger partial charge is 0.391 e. The Kier molecular flexibility index (Phi) is 6.00. The number of halogens is 1. The van der Waals surface area contributed by atoms with Gasteiger partial charge in [0, 0.05) is 0 Å². The van der Waals surface area contributed by atoms with Crippen LogP contribution in [-0.4, -0.2) is 11.2 Å². The Morgan fingerprint density at radius 1 is 0.957 bits per heavy atom. The van der Waals surface area contributed by atoms with E-state index in [1.54, 1.807) is 0 Å². The number of rotatable bonds is 5. The number of hydrogen-bond acceptors (Lipinski definition) is 2. The molecule has 0 fully saturated rings. The molecule has 122 valence electrons. The van der Waals surface area contributed by atoms with Crippen molar-refractivity contribution in [2.24, 2.45) is 5.73 Å². The number of hydrogen-bond donors (Lipinski definition) is 2. The van der Waals surface area contributed by atoms with Gasteiger partial charge in [-0.05, 0) is 39.6 Å². The molecule has 0 unspecified atom stereocenters. The molecular formula is C20H24ClNO. The van der Waals surface area contributed by atoms with E-state index in [4.69, 9.17) is 5.73 Å². The highest BCUT2D eigenvalue weighted by Gasteiger charge is 2.19. The summed E-state index contributed by atoms with van der Waals surface area (Å²) in [4.78, 5) is 0. The highest BCUT2D eigenvalue weighted by molar-refractivity contribution is 6.09. The summed E-state index contributed by atoms with van der Waals surface area (Å²) in [5.41, 5.74) is 7.43. The van der Waals surface area contributed by atoms with Gasteiger partial charge in [0.2, 0.25) is 0 Å². The predicted molar refractivity (Wildman–Crippen MR) is 101 cm³/mol. The minimum absolute atomic E-state index is 0. The highest BCUT2D eigenvalue weighted by Crippen LogP contribution is 2.32. The maximum Gasteiger partial charge on any atom is 0.0733 e. The Bertz CT molecular complexity index is 787. The van der Waals surface area contributed by atoms with Gasteiger partial charge in [-0.1, -0.05) is 68.3 Å². The SMILES string of the molecule is CCCC[C@@H](O)[C@@H](N)c1cc2ccccc2c2ccccc12.Cl. The van der Waals surface area contributed by atoms with Crippen LogP contribution in [0.1, 0.15) is 37.8 Å². The van der Waals surface area contributed by atoms with E-state index in [9.17, 15) is 5.11 Å². The first-order valence-electron chi connectivity index (χ1n) is 8.06.